The molecule has 8 N–H and O–H groups in total. The van der Waals surface area contributed by atoms with Crippen molar-refractivity contribution in [2.45, 2.75) is 12.8 Å². The smallest absolute Gasteiger partial charge is 0.369 e. The topological polar surface area (TPSA) is 305 Å². The van der Waals surface area contributed by atoms with Crippen LogP contribution in [-0.2, 0) is 36.2 Å². The van der Waals surface area contributed by atoms with E-state index in [0.29, 0.717) is 0 Å². The molecule has 0 saturated heterocycles. The van der Waals surface area contributed by atoms with Crippen molar-refractivity contribution in [3.05, 3.63) is 30.6 Å². The minimum absolute atomic E-state index is 0. The van der Waals surface area contributed by atoms with Gasteiger partial charge in [-0.05, 0) is 0 Å². The van der Waals surface area contributed by atoms with E-state index in [9.17, 15) is 19.2 Å². The van der Waals surface area contributed by atoms with Crippen LogP contribution in [0.25, 0.3) is 0 Å². The Morgan fingerprint density at radius 2 is 0.696 bits per heavy atom. The van der Waals surface area contributed by atoms with Crippen LogP contribution in [0.4, 0.5) is 0 Å². The first-order chi connectivity index (χ1) is 9.72. The van der Waals surface area contributed by atoms with Crippen molar-refractivity contribution in [2.24, 2.45) is 22.9 Å². The number of rotatable bonds is 4. The van der Waals surface area contributed by atoms with Gasteiger partial charge in [-0.2, -0.15) is 0 Å². The summed E-state index contributed by atoms with van der Waals surface area (Å²) in [7, 11) is 0. The van der Waals surface area contributed by atoms with E-state index in [0.717, 1.165) is 0 Å². The van der Waals surface area contributed by atoms with E-state index >= 15 is 0 Å². The summed E-state index contributed by atoms with van der Waals surface area (Å²) in [6.07, 6.45) is -0.722. The van der Waals surface area contributed by atoms with Crippen LogP contribution in [0.15, 0.2) is 0 Å². The number of carbonyl (C=O) groups excluding carboxylic acids is 4. The van der Waals surface area contributed by atoms with Gasteiger partial charge >= 0.3 is 17.1 Å². The van der Waals surface area contributed by atoms with Crippen LogP contribution in [-0.4, -0.2) is 33.8 Å². The molecule has 0 aliphatic heterocycles. The summed E-state index contributed by atoms with van der Waals surface area (Å²) in [5.41, 5.74) is 18.2. The van der Waals surface area contributed by atoms with Gasteiger partial charge in [-0.15, -0.1) is 0 Å². The minimum Gasteiger partial charge on any atom is -0.369 e. The molecule has 0 fully saturated rings. The molecule has 17 heteroatoms. The van der Waals surface area contributed by atoms with E-state index in [4.69, 9.17) is 30.6 Å². The van der Waals surface area contributed by atoms with E-state index < -0.39 is 33.8 Å². The molecule has 16 nitrogen and oxygen atoms in total. The van der Waals surface area contributed by atoms with Gasteiger partial charge in [0.1, 0.15) is 12.8 Å². The van der Waals surface area contributed by atoms with E-state index in [2.05, 4.69) is 22.9 Å². The van der Waals surface area contributed by atoms with Gasteiger partial charge in [0.2, 0.25) is 23.6 Å². The monoisotopic (exact) mass is 391 g/mol. The minimum atomic E-state index is -1.75. The van der Waals surface area contributed by atoms with Crippen LogP contribution in [0.5, 0.6) is 0 Å². The molecule has 0 aromatic carbocycles. The standard InChI is InChI=1S/2C3H6N2O2.Cu.2NO3/c2*4-2(6)1-3(5)7;;2*2-1(3)4/h2*1H2,(H2,4,6)(H2,5,7);;;/q;;+2;2*-1. The molecular formula is C6H12CuN6O10. The van der Waals surface area contributed by atoms with E-state index in [1.54, 1.807) is 0 Å². The SMILES string of the molecule is NC(=O)CC(N)=O.NC(=O)CC(N)=O.O=[N+]([O-])[O-].O=[N+]([O-])[O-].[Cu+2]. The molecule has 0 aromatic rings. The molecule has 4 amide bonds. The van der Waals surface area contributed by atoms with Gasteiger partial charge in [0.15, 0.2) is 0 Å². The van der Waals surface area contributed by atoms with Crippen LogP contribution in [0.1, 0.15) is 12.8 Å². The predicted molar refractivity (Wildman–Crippen MR) is 66.7 cm³/mol. The predicted octanol–water partition coefficient (Wildman–Crippen LogP) is -3.79. The van der Waals surface area contributed by atoms with Crippen molar-refractivity contribution in [3.63, 3.8) is 0 Å². The molecule has 0 rings (SSSR count). The fourth-order valence-corrected chi connectivity index (χ4v) is 0.343. The van der Waals surface area contributed by atoms with Gasteiger partial charge in [-0.1, -0.05) is 0 Å². The second-order valence-corrected chi connectivity index (χ2v) is 2.67. The number of nitrogens with zero attached hydrogens (tertiary/aromatic N) is 2. The third-order valence-electron chi connectivity index (χ3n) is 0.697. The molecular weight excluding hydrogens is 380 g/mol. The Morgan fingerprint density at radius 1 is 0.609 bits per heavy atom. The molecule has 0 atom stereocenters. The number of primary amides is 4. The third kappa shape index (κ3) is 230. The molecule has 0 aliphatic rings. The summed E-state index contributed by atoms with van der Waals surface area (Å²) in [6.45, 7) is 0. The largest absolute Gasteiger partial charge is 2.00 e. The fourth-order valence-electron chi connectivity index (χ4n) is 0.343. The maximum atomic E-state index is 9.73. The Balaban J connectivity index is -0.0000000639. The average Bonchev–Trinajstić information content (AvgIpc) is 2.10. The summed E-state index contributed by atoms with van der Waals surface area (Å²) in [6, 6.07) is 0. The van der Waals surface area contributed by atoms with Crippen LogP contribution in [0.3, 0.4) is 0 Å². The Labute approximate surface area is 137 Å². The molecule has 23 heavy (non-hydrogen) atoms. The first-order valence-electron chi connectivity index (χ1n) is 4.48. The van der Waals surface area contributed by atoms with Gasteiger partial charge in [-0.3, -0.25) is 19.2 Å². The van der Waals surface area contributed by atoms with Crippen molar-refractivity contribution in [3.8, 4) is 0 Å². The number of amides is 4. The van der Waals surface area contributed by atoms with Crippen LogP contribution < -0.4 is 22.9 Å². The number of hydrogen-bond acceptors (Lipinski definition) is 10. The molecule has 0 aliphatic carbocycles. The van der Waals surface area contributed by atoms with Gasteiger partial charge in [0.25, 0.3) is 0 Å². The summed E-state index contributed by atoms with van der Waals surface area (Å²) in [5.74, 6) is -2.75. The molecule has 0 aromatic heterocycles. The van der Waals surface area contributed by atoms with Crippen molar-refractivity contribution >= 4 is 23.6 Å². The summed E-state index contributed by atoms with van der Waals surface area (Å²) in [5, 5.41) is 29.5. The van der Waals surface area contributed by atoms with Gasteiger partial charge in [0, 0.05) is 0 Å². The van der Waals surface area contributed by atoms with Crippen LogP contribution in [0, 0.1) is 30.6 Å². The van der Waals surface area contributed by atoms with Crippen LogP contribution in [0.2, 0.25) is 0 Å². The number of hydrogen-bond donors (Lipinski definition) is 4. The third-order valence-corrected chi connectivity index (χ3v) is 0.697. The maximum absolute atomic E-state index is 9.73. The molecule has 0 heterocycles. The molecule has 1 radical (unpaired) electrons. The Hall–Kier alpha value is -3.20. The zero-order valence-corrected chi connectivity index (χ0v) is 11.9. The first-order valence-corrected chi connectivity index (χ1v) is 4.48. The summed E-state index contributed by atoms with van der Waals surface area (Å²) < 4.78 is 0. The molecule has 0 spiro atoms. The van der Waals surface area contributed by atoms with E-state index in [1.807, 2.05) is 0 Å². The average molecular weight is 392 g/mol. The normalized spacial score (nSPS) is 6.96. The van der Waals surface area contributed by atoms with Gasteiger partial charge < -0.3 is 53.6 Å². The van der Waals surface area contributed by atoms with Crippen molar-refractivity contribution in [1.82, 2.24) is 0 Å². The molecule has 0 bridgehead atoms. The molecule has 0 saturated carbocycles. The molecule has 137 valence electrons. The zero-order chi connectivity index (χ0) is 18.9. The summed E-state index contributed by atoms with van der Waals surface area (Å²) >= 11 is 0. The first kappa shape index (κ1) is 31.9. The maximum Gasteiger partial charge on any atom is 2.00 e. The van der Waals surface area contributed by atoms with Crippen LogP contribution >= 0.6 is 0 Å². The quantitative estimate of drug-likeness (QED) is 0.156. The Morgan fingerprint density at radius 3 is 0.696 bits per heavy atom. The van der Waals surface area contributed by atoms with Crippen molar-refractivity contribution in [1.29, 1.82) is 0 Å². The van der Waals surface area contributed by atoms with E-state index in [1.165, 1.54) is 0 Å². The summed E-state index contributed by atoms with van der Waals surface area (Å²) in [4.78, 5) is 55.4. The Bertz CT molecular complexity index is 345. The van der Waals surface area contributed by atoms with Gasteiger partial charge in [0.05, 0.1) is 10.2 Å². The van der Waals surface area contributed by atoms with Crippen molar-refractivity contribution in [2.75, 3.05) is 0 Å². The van der Waals surface area contributed by atoms with Crippen molar-refractivity contribution < 1.29 is 46.4 Å². The van der Waals surface area contributed by atoms with Gasteiger partial charge in [-0.25, -0.2) is 0 Å². The second kappa shape index (κ2) is 21.1. The second-order valence-electron chi connectivity index (χ2n) is 2.67. The number of carbonyl (C=O) groups is 4. The Kier molecular flexibility index (Phi) is 29.3. The number of nitrogens with two attached hydrogens (primary N) is 4. The zero-order valence-electron chi connectivity index (χ0n) is 11.0. The van der Waals surface area contributed by atoms with E-state index in [-0.39, 0.29) is 29.9 Å². The molecule has 0 unspecified atom stereocenters. The fraction of sp³-hybridized carbons (Fsp3) is 0.333.